The Morgan fingerprint density at radius 2 is 2.39 bits per heavy atom. The fourth-order valence-electron chi connectivity index (χ4n) is 1.60. The highest BCUT2D eigenvalue weighted by Crippen LogP contribution is 2.09. The monoisotopic (exact) mass is 242 g/mol. The first kappa shape index (κ1) is 12.1. The summed E-state index contributed by atoms with van der Waals surface area (Å²) in [6, 6.07) is 7.62. The Bertz CT molecular complexity index is 530. The van der Waals surface area contributed by atoms with Gasteiger partial charge in [0.25, 0.3) is 0 Å². The second kappa shape index (κ2) is 5.82. The van der Waals surface area contributed by atoms with E-state index in [1.54, 1.807) is 18.5 Å². The summed E-state index contributed by atoms with van der Waals surface area (Å²) in [5.74, 6) is 1.45. The highest BCUT2D eigenvalue weighted by Gasteiger charge is 2.06. The lowest BCUT2D eigenvalue weighted by atomic mass is 10.1. The molecule has 0 aliphatic heterocycles. The first-order valence-electron chi connectivity index (χ1n) is 5.80. The molecule has 0 aliphatic carbocycles. The van der Waals surface area contributed by atoms with E-state index in [1.165, 1.54) is 0 Å². The van der Waals surface area contributed by atoms with Crippen LogP contribution in [0.4, 0.5) is 5.95 Å². The van der Waals surface area contributed by atoms with Crippen molar-refractivity contribution in [2.75, 3.05) is 5.32 Å². The topological polar surface area (TPSA) is 74.7 Å². The van der Waals surface area contributed by atoms with Crippen molar-refractivity contribution in [3.05, 3.63) is 42.1 Å². The van der Waals surface area contributed by atoms with Crippen molar-refractivity contribution in [1.82, 2.24) is 9.97 Å². The van der Waals surface area contributed by atoms with Crippen LogP contribution in [0.25, 0.3) is 0 Å². The number of nitrogens with one attached hydrogen (secondary N) is 1. The van der Waals surface area contributed by atoms with Crippen LogP contribution in [-0.2, 0) is 6.42 Å². The molecule has 2 aromatic rings. The summed E-state index contributed by atoms with van der Waals surface area (Å²) < 4.78 is 5.27. The molecule has 5 heteroatoms. The lowest BCUT2D eigenvalue weighted by Crippen LogP contribution is -2.17. The fraction of sp³-hybridized carbons (Fsp3) is 0.308. The number of rotatable bonds is 5. The molecule has 0 amide bonds. The molecule has 0 aliphatic rings. The second-order valence-corrected chi connectivity index (χ2v) is 4.04. The Balaban J connectivity index is 1.87. The zero-order valence-corrected chi connectivity index (χ0v) is 10.1. The van der Waals surface area contributed by atoms with Crippen LogP contribution in [0.5, 0.6) is 0 Å². The summed E-state index contributed by atoms with van der Waals surface area (Å²) in [5.41, 5.74) is 0.366. The van der Waals surface area contributed by atoms with Crippen LogP contribution in [0.1, 0.15) is 24.8 Å². The largest absolute Gasteiger partial charge is 0.469 e. The smallest absolute Gasteiger partial charge is 0.224 e. The van der Waals surface area contributed by atoms with Gasteiger partial charge in [-0.25, -0.2) is 9.97 Å². The second-order valence-electron chi connectivity index (χ2n) is 4.04. The molecule has 1 N–H and O–H groups in total. The minimum absolute atomic E-state index is 0.212. The molecule has 0 spiro atoms. The lowest BCUT2D eigenvalue weighted by molar-refractivity contribution is 0.494. The van der Waals surface area contributed by atoms with Crippen molar-refractivity contribution in [2.45, 2.75) is 25.8 Å². The Hall–Kier alpha value is -2.35. The molecule has 0 radical (unpaired) electrons. The minimum atomic E-state index is 0.212. The summed E-state index contributed by atoms with van der Waals surface area (Å²) in [7, 11) is 0. The van der Waals surface area contributed by atoms with Gasteiger partial charge in [0.2, 0.25) is 5.95 Å². The molecule has 92 valence electrons. The average Bonchev–Trinajstić information content (AvgIpc) is 2.90. The van der Waals surface area contributed by atoms with Gasteiger partial charge in [-0.1, -0.05) is 0 Å². The van der Waals surface area contributed by atoms with E-state index in [9.17, 15) is 0 Å². The number of nitrogens with zero attached hydrogens (tertiary/aromatic N) is 3. The number of aromatic nitrogens is 2. The predicted molar refractivity (Wildman–Crippen MR) is 66.9 cm³/mol. The molecule has 0 fully saturated rings. The van der Waals surface area contributed by atoms with Crippen LogP contribution in [-0.4, -0.2) is 16.0 Å². The zero-order valence-electron chi connectivity index (χ0n) is 10.1. The molecule has 2 heterocycles. The van der Waals surface area contributed by atoms with Gasteiger partial charge >= 0.3 is 0 Å². The van der Waals surface area contributed by atoms with E-state index in [0.717, 1.165) is 18.6 Å². The Morgan fingerprint density at radius 1 is 1.50 bits per heavy atom. The molecule has 5 nitrogen and oxygen atoms in total. The van der Waals surface area contributed by atoms with Crippen LogP contribution in [0.15, 0.2) is 35.1 Å². The Morgan fingerprint density at radius 3 is 3.11 bits per heavy atom. The van der Waals surface area contributed by atoms with Gasteiger partial charge in [0.05, 0.1) is 6.26 Å². The maximum atomic E-state index is 8.74. The van der Waals surface area contributed by atoms with Gasteiger partial charge in [0.1, 0.15) is 17.5 Å². The van der Waals surface area contributed by atoms with Crippen molar-refractivity contribution in [2.24, 2.45) is 0 Å². The number of furan rings is 1. The predicted octanol–water partition coefficient (Wildman–Crippen LogP) is 2.37. The molecule has 2 aromatic heterocycles. The van der Waals surface area contributed by atoms with Gasteiger partial charge in [0.15, 0.2) is 0 Å². The summed E-state index contributed by atoms with van der Waals surface area (Å²) in [6.45, 7) is 2.05. The fourth-order valence-corrected chi connectivity index (χ4v) is 1.60. The van der Waals surface area contributed by atoms with Crippen LogP contribution < -0.4 is 5.32 Å². The van der Waals surface area contributed by atoms with Gasteiger partial charge in [-0.05, 0) is 31.5 Å². The SMILES string of the molecule is CC(CCc1ccco1)Nc1nccc(C#N)n1. The van der Waals surface area contributed by atoms with Crippen LogP contribution >= 0.6 is 0 Å². The van der Waals surface area contributed by atoms with Gasteiger partial charge in [-0.2, -0.15) is 5.26 Å². The van der Waals surface area contributed by atoms with E-state index < -0.39 is 0 Å². The summed E-state index contributed by atoms with van der Waals surface area (Å²) in [6.07, 6.45) is 5.02. The maximum Gasteiger partial charge on any atom is 0.224 e. The van der Waals surface area contributed by atoms with E-state index in [1.807, 2.05) is 25.1 Å². The quantitative estimate of drug-likeness (QED) is 0.871. The molecule has 0 aromatic carbocycles. The average molecular weight is 242 g/mol. The van der Waals surface area contributed by atoms with E-state index in [-0.39, 0.29) is 6.04 Å². The lowest BCUT2D eigenvalue weighted by Gasteiger charge is -2.12. The molecule has 18 heavy (non-hydrogen) atoms. The normalized spacial score (nSPS) is 11.8. The Kier molecular flexibility index (Phi) is 3.92. The van der Waals surface area contributed by atoms with Crippen molar-refractivity contribution in [3.63, 3.8) is 0 Å². The van der Waals surface area contributed by atoms with Crippen LogP contribution in [0.3, 0.4) is 0 Å². The molecular weight excluding hydrogens is 228 g/mol. The highest BCUT2D eigenvalue weighted by atomic mass is 16.3. The van der Waals surface area contributed by atoms with Gasteiger partial charge < -0.3 is 9.73 Å². The number of aryl methyl sites for hydroxylation is 1. The van der Waals surface area contributed by atoms with E-state index in [4.69, 9.17) is 9.68 Å². The van der Waals surface area contributed by atoms with E-state index >= 15 is 0 Å². The molecular formula is C13H14N4O. The zero-order chi connectivity index (χ0) is 12.8. The first-order valence-corrected chi connectivity index (χ1v) is 5.80. The van der Waals surface area contributed by atoms with Crippen molar-refractivity contribution >= 4 is 5.95 Å². The van der Waals surface area contributed by atoms with Crippen LogP contribution in [0.2, 0.25) is 0 Å². The third kappa shape index (κ3) is 3.32. The summed E-state index contributed by atoms with van der Waals surface area (Å²) in [4.78, 5) is 8.14. The third-order valence-corrected chi connectivity index (χ3v) is 2.55. The third-order valence-electron chi connectivity index (χ3n) is 2.55. The first-order chi connectivity index (χ1) is 8.78. The summed E-state index contributed by atoms with van der Waals surface area (Å²) >= 11 is 0. The van der Waals surface area contributed by atoms with Gasteiger partial charge in [-0.15, -0.1) is 0 Å². The van der Waals surface area contributed by atoms with E-state index in [0.29, 0.717) is 11.6 Å². The summed E-state index contributed by atoms with van der Waals surface area (Å²) in [5, 5.41) is 11.9. The van der Waals surface area contributed by atoms with Gasteiger partial charge in [-0.3, -0.25) is 0 Å². The molecule has 0 saturated heterocycles. The number of hydrogen-bond acceptors (Lipinski definition) is 5. The van der Waals surface area contributed by atoms with E-state index in [2.05, 4.69) is 15.3 Å². The number of anilines is 1. The van der Waals surface area contributed by atoms with Crippen molar-refractivity contribution in [3.8, 4) is 6.07 Å². The molecule has 1 atom stereocenters. The molecule has 1 unspecified atom stereocenters. The van der Waals surface area contributed by atoms with Crippen LogP contribution in [0, 0.1) is 11.3 Å². The van der Waals surface area contributed by atoms with Crippen molar-refractivity contribution in [1.29, 1.82) is 5.26 Å². The van der Waals surface area contributed by atoms with Crippen molar-refractivity contribution < 1.29 is 4.42 Å². The highest BCUT2D eigenvalue weighted by molar-refractivity contribution is 5.30. The molecule has 0 bridgehead atoms. The molecule has 0 saturated carbocycles. The Labute approximate surface area is 105 Å². The standard InChI is InChI=1S/C13H14N4O/c1-10(4-5-12-3-2-8-18-12)16-13-15-7-6-11(9-14)17-13/h2-3,6-8,10H,4-5H2,1H3,(H,15,16,17). The number of nitriles is 1. The number of hydrogen-bond donors (Lipinski definition) is 1. The minimum Gasteiger partial charge on any atom is -0.469 e. The maximum absolute atomic E-state index is 8.74. The molecule has 2 rings (SSSR count). The van der Waals surface area contributed by atoms with Gasteiger partial charge in [0, 0.05) is 18.7 Å².